The number of hydrogen-bond acceptors (Lipinski definition) is 2. The molecule has 0 radical (unpaired) electrons. The highest BCUT2D eigenvalue weighted by atomic mass is 127. The van der Waals surface area contributed by atoms with Crippen LogP contribution in [0, 0.1) is 12.0 Å². The van der Waals surface area contributed by atoms with E-state index in [9.17, 15) is 4.91 Å². The molecule has 0 aromatic heterocycles. The molecule has 0 heterocycles. The second-order valence-electron chi connectivity index (χ2n) is 1.69. The van der Waals surface area contributed by atoms with Crippen LogP contribution in [-0.4, -0.2) is 0 Å². The average molecular weight is 359 g/mol. The summed E-state index contributed by atoms with van der Waals surface area (Å²) in [5.41, 5.74) is 0.521. The van der Waals surface area contributed by atoms with E-state index in [1.54, 1.807) is 6.07 Å². The smallest absolute Gasteiger partial charge is 0.122 e. The maximum atomic E-state index is 10.1. The van der Waals surface area contributed by atoms with Gasteiger partial charge in [0.15, 0.2) is 0 Å². The van der Waals surface area contributed by atoms with Crippen LogP contribution >= 0.6 is 45.2 Å². The number of benzene rings is 1. The molecule has 0 atom stereocenters. The van der Waals surface area contributed by atoms with Gasteiger partial charge in [0.1, 0.15) is 5.69 Å². The highest BCUT2D eigenvalue weighted by molar-refractivity contribution is 14.1. The maximum absolute atomic E-state index is 10.1. The van der Waals surface area contributed by atoms with Crippen molar-refractivity contribution in [3.05, 3.63) is 30.2 Å². The van der Waals surface area contributed by atoms with Crippen molar-refractivity contribution in [3.63, 3.8) is 0 Å². The van der Waals surface area contributed by atoms with Crippen LogP contribution < -0.4 is 0 Å². The predicted octanol–water partition coefficient (Wildman–Crippen LogP) is 3.29. The van der Waals surface area contributed by atoms with Crippen molar-refractivity contribution < 1.29 is 0 Å². The minimum Gasteiger partial charge on any atom is -0.145 e. The second kappa shape index (κ2) is 3.61. The molecule has 1 aromatic rings. The number of rotatable bonds is 1. The summed E-state index contributed by atoms with van der Waals surface area (Å²) in [6.45, 7) is 0. The van der Waals surface area contributed by atoms with Crippen LogP contribution in [0.4, 0.5) is 5.69 Å². The zero-order valence-electron chi connectivity index (χ0n) is 4.84. The molecule has 0 spiro atoms. The van der Waals surface area contributed by atoms with Gasteiger partial charge in [0, 0.05) is 7.14 Å². The first-order chi connectivity index (χ1) is 4.74. The zero-order chi connectivity index (χ0) is 7.56. The monoisotopic (exact) mass is 359 g/mol. The number of hydrogen-bond donors (Lipinski definition) is 0. The summed E-state index contributed by atoms with van der Waals surface area (Å²) in [4.78, 5) is 10.1. The molecule has 0 saturated carbocycles. The SMILES string of the molecule is O=Nc1cc(I)ccc1I. The van der Waals surface area contributed by atoms with Crippen molar-refractivity contribution in [2.75, 3.05) is 0 Å². The highest BCUT2D eigenvalue weighted by Crippen LogP contribution is 2.22. The maximum Gasteiger partial charge on any atom is 0.122 e. The fourth-order valence-corrected chi connectivity index (χ4v) is 1.46. The van der Waals surface area contributed by atoms with Crippen LogP contribution in [0.2, 0.25) is 0 Å². The van der Waals surface area contributed by atoms with Gasteiger partial charge in [0.05, 0.1) is 0 Å². The quantitative estimate of drug-likeness (QED) is 0.559. The van der Waals surface area contributed by atoms with Gasteiger partial charge in [-0.25, -0.2) is 0 Å². The second-order valence-corrected chi connectivity index (χ2v) is 4.09. The molecule has 0 N–H and O–H groups in total. The van der Waals surface area contributed by atoms with Crippen LogP contribution in [0.3, 0.4) is 0 Å². The van der Waals surface area contributed by atoms with E-state index in [-0.39, 0.29) is 0 Å². The lowest BCUT2D eigenvalue weighted by Gasteiger charge is -1.93. The Morgan fingerprint density at radius 3 is 2.50 bits per heavy atom. The van der Waals surface area contributed by atoms with Crippen molar-refractivity contribution in [2.24, 2.45) is 5.18 Å². The standard InChI is InChI=1S/C6H3I2NO/c7-4-1-2-5(8)6(3-4)9-10/h1-3H. The van der Waals surface area contributed by atoms with E-state index < -0.39 is 0 Å². The largest absolute Gasteiger partial charge is 0.145 e. The molecular weight excluding hydrogens is 356 g/mol. The lowest BCUT2D eigenvalue weighted by Crippen LogP contribution is -1.73. The molecule has 52 valence electrons. The van der Waals surface area contributed by atoms with Gasteiger partial charge in [-0.05, 0) is 68.6 Å². The molecule has 1 aromatic carbocycles. The molecule has 0 aliphatic rings. The number of nitrogens with zero attached hydrogens (tertiary/aromatic N) is 1. The summed E-state index contributed by atoms with van der Waals surface area (Å²) in [7, 11) is 0. The molecule has 0 aliphatic carbocycles. The summed E-state index contributed by atoms with van der Waals surface area (Å²) in [6.07, 6.45) is 0. The van der Waals surface area contributed by atoms with E-state index in [4.69, 9.17) is 0 Å². The number of nitroso groups, excluding NO2 is 1. The van der Waals surface area contributed by atoms with Crippen molar-refractivity contribution in [3.8, 4) is 0 Å². The van der Waals surface area contributed by atoms with Gasteiger partial charge < -0.3 is 0 Å². The van der Waals surface area contributed by atoms with Crippen LogP contribution in [0.25, 0.3) is 0 Å². The summed E-state index contributed by atoms with van der Waals surface area (Å²) in [6, 6.07) is 5.57. The lowest BCUT2D eigenvalue weighted by molar-refractivity contribution is 1.45. The third-order valence-electron chi connectivity index (χ3n) is 1.01. The molecule has 4 heteroatoms. The normalized spacial score (nSPS) is 9.40. The molecule has 0 aliphatic heterocycles. The summed E-state index contributed by atoms with van der Waals surface area (Å²) in [5.74, 6) is 0. The zero-order valence-corrected chi connectivity index (χ0v) is 9.16. The fraction of sp³-hybridized carbons (Fsp3) is 0. The van der Waals surface area contributed by atoms with Crippen molar-refractivity contribution in [2.45, 2.75) is 0 Å². The minimum absolute atomic E-state index is 0.521. The fourth-order valence-electron chi connectivity index (χ4n) is 0.556. The Labute approximate surface area is 85.6 Å². The van der Waals surface area contributed by atoms with E-state index in [1.807, 2.05) is 12.1 Å². The van der Waals surface area contributed by atoms with Crippen LogP contribution in [0.1, 0.15) is 0 Å². The Hall–Kier alpha value is 0.280. The van der Waals surface area contributed by atoms with Crippen molar-refractivity contribution in [1.82, 2.24) is 0 Å². The molecule has 0 amide bonds. The van der Waals surface area contributed by atoms with Crippen molar-refractivity contribution in [1.29, 1.82) is 0 Å². The van der Waals surface area contributed by atoms with Gasteiger partial charge >= 0.3 is 0 Å². The first kappa shape index (κ1) is 8.38. The Kier molecular flexibility index (Phi) is 3.02. The Bertz CT molecular complexity index is 262. The molecular formula is C6H3I2NO. The Balaban J connectivity index is 3.21. The molecule has 0 saturated heterocycles. The van der Waals surface area contributed by atoms with E-state index in [0.717, 1.165) is 7.14 Å². The molecule has 0 unspecified atom stereocenters. The topological polar surface area (TPSA) is 29.4 Å². The molecule has 2 nitrogen and oxygen atoms in total. The summed E-state index contributed by atoms with van der Waals surface area (Å²) >= 11 is 4.22. The van der Waals surface area contributed by atoms with Gasteiger partial charge in [0.25, 0.3) is 0 Å². The first-order valence-electron chi connectivity index (χ1n) is 2.52. The van der Waals surface area contributed by atoms with E-state index in [2.05, 4.69) is 50.4 Å². The van der Waals surface area contributed by atoms with E-state index in [1.165, 1.54) is 0 Å². The first-order valence-corrected chi connectivity index (χ1v) is 4.68. The third kappa shape index (κ3) is 1.88. The van der Waals surface area contributed by atoms with Gasteiger partial charge in [-0.1, -0.05) is 0 Å². The van der Waals surface area contributed by atoms with Crippen LogP contribution in [0.15, 0.2) is 23.4 Å². The minimum atomic E-state index is 0.521. The Morgan fingerprint density at radius 1 is 1.30 bits per heavy atom. The molecule has 10 heavy (non-hydrogen) atoms. The van der Waals surface area contributed by atoms with Crippen molar-refractivity contribution >= 4 is 50.9 Å². The molecule has 0 bridgehead atoms. The molecule has 0 fully saturated rings. The van der Waals surface area contributed by atoms with Crippen LogP contribution in [0.5, 0.6) is 0 Å². The average Bonchev–Trinajstić information content (AvgIpc) is 1.94. The number of halogens is 2. The van der Waals surface area contributed by atoms with Gasteiger partial charge in [-0.3, -0.25) is 0 Å². The van der Waals surface area contributed by atoms with Gasteiger partial charge in [0.2, 0.25) is 0 Å². The van der Waals surface area contributed by atoms with E-state index in [0.29, 0.717) is 5.69 Å². The summed E-state index contributed by atoms with van der Waals surface area (Å²) < 4.78 is 1.93. The third-order valence-corrected chi connectivity index (χ3v) is 2.59. The van der Waals surface area contributed by atoms with Gasteiger partial charge in [-0.2, -0.15) is 0 Å². The summed E-state index contributed by atoms with van der Waals surface area (Å²) in [5, 5.41) is 2.87. The Morgan fingerprint density at radius 2 is 2.00 bits per heavy atom. The van der Waals surface area contributed by atoms with Gasteiger partial charge in [-0.15, -0.1) is 4.91 Å². The lowest BCUT2D eigenvalue weighted by atomic mass is 10.3. The molecule has 1 rings (SSSR count). The highest BCUT2D eigenvalue weighted by Gasteiger charge is 1.98. The predicted molar refractivity (Wildman–Crippen MR) is 57.3 cm³/mol. The van der Waals surface area contributed by atoms with E-state index >= 15 is 0 Å². The van der Waals surface area contributed by atoms with Crippen LogP contribution in [-0.2, 0) is 0 Å².